The summed E-state index contributed by atoms with van der Waals surface area (Å²) in [5, 5.41) is 2.59. The van der Waals surface area contributed by atoms with E-state index in [1.54, 1.807) is 0 Å². The third-order valence-corrected chi connectivity index (χ3v) is 5.55. The lowest BCUT2D eigenvalue weighted by Crippen LogP contribution is -1.82. The minimum atomic E-state index is 0.889. The second kappa shape index (κ2) is 3.22. The van der Waals surface area contributed by atoms with E-state index in [2.05, 4.69) is 30.3 Å². The first-order valence-corrected chi connectivity index (χ1v) is 7.06. The van der Waals surface area contributed by atoms with Crippen LogP contribution >= 0.6 is 22.7 Å². The van der Waals surface area contributed by atoms with Crippen LogP contribution in [-0.4, -0.2) is 0 Å². The first-order chi connectivity index (χ1) is 8.34. The van der Waals surface area contributed by atoms with Crippen molar-refractivity contribution in [2.45, 2.75) is 0 Å². The van der Waals surface area contributed by atoms with Gasteiger partial charge in [0.15, 0.2) is 0 Å². The maximum Gasteiger partial charge on any atom is 0.0562 e. The summed E-state index contributed by atoms with van der Waals surface area (Å²) >= 11 is 3.68. The Hall–Kier alpha value is -1.58. The second-order valence-electron chi connectivity index (χ2n) is 4.08. The lowest BCUT2D eigenvalue weighted by Gasteiger charge is -1.94. The topological polar surface area (TPSA) is 26.0 Å². The number of nitrogen functional groups attached to an aromatic ring is 1. The SMILES string of the molecule is Nc1cccc2sc3c4ccccc4sc3c12. The van der Waals surface area contributed by atoms with Crippen molar-refractivity contribution in [3.8, 4) is 0 Å². The normalized spacial score (nSPS) is 11.8. The van der Waals surface area contributed by atoms with Crippen molar-refractivity contribution >= 4 is 57.9 Å². The Morgan fingerprint density at radius 1 is 0.765 bits per heavy atom. The van der Waals surface area contributed by atoms with Crippen LogP contribution < -0.4 is 5.73 Å². The fraction of sp³-hybridized carbons (Fsp3) is 0. The fourth-order valence-corrected chi connectivity index (χ4v) is 5.00. The van der Waals surface area contributed by atoms with Crippen LogP contribution in [-0.2, 0) is 0 Å². The molecule has 0 unspecified atom stereocenters. The Bertz CT molecular complexity index is 854. The van der Waals surface area contributed by atoms with Crippen LogP contribution in [0.2, 0.25) is 0 Å². The smallest absolute Gasteiger partial charge is 0.0562 e. The van der Waals surface area contributed by atoms with Gasteiger partial charge in [-0.3, -0.25) is 0 Å². The number of hydrogen-bond donors (Lipinski definition) is 1. The zero-order chi connectivity index (χ0) is 11.4. The summed E-state index contributed by atoms with van der Waals surface area (Å²) in [4.78, 5) is 0. The van der Waals surface area contributed by atoms with E-state index in [-0.39, 0.29) is 0 Å². The highest BCUT2D eigenvalue weighted by Crippen LogP contribution is 2.45. The number of thiophene rings is 2. The molecule has 4 aromatic rings. The summed E-state index contributed by atoms with van der Waals surface area (Å²) in [6, 6.07) is 14.7. The van der Waals surface area contributed by atoms with E-state index in [4.69, 9.17) is 5.73 Å². The Balaban J connectivity index is 2.35. The van der Waals surface area contributed by atoms with Gasteiger partial charge in [0.2, 0.25) is 0 Å². The van der Waals surface area contributed by atoms with Gasteiger partial charge in [-0.05, 0) is 18.2 Å². The highest BCUT2D eigenvalue weighted by atomic mass is 32.1. The maximum atomic E-state index is 6.10. The lowest BCUT2D eigenvalue weighted by molar-refractivity contribution is 1.82. The van der Waals surface area contributed by atoms with E-state index in [0.717, 1.165) is 5.69 Å². The molecule has 1 nitrogen and oxygen atoms in total. The monoisotopic (exact) mass is 255 g/mol. The van der Waals surface area contributed by atoms with Crippen LogP contribution in [0.5, 0.6) is 0 Å². The predicted molar refractivity (Wildman–Crippen MR) is 79.1 cm³/mol. The van der Waals surface area contributed by atoms with Crippen LogP contribution in [0.1, 0.15) is 0 Å². The highest BCUT2D eigenvalue weighted by Gasteiger charge is 2.12. The molecule has 0 aliphatic carbocycles. The van der Waals surface area contributed by atoms with Crippen LogP contribution in [0.4, 0.5) is 5.69 Å². The molecule has 0 saturated carbocycles. The van der Waals surface area contributed by atoms with Gasteiger partial charge in [-0.25, -0.2) is 0 Å². The number of anilines is 1. The Kier molecular flexibility index (Phi) is 1.79. The lowest BCUT2D eigenvalue weighted by atomic mass is 10.2. The Morgan fingerprint density at radius 3 is 2.47 bits per heavy atom. The standard InChI is InChI=1S/C14H9NS2/c15-9-5-3-7-11-12(9)14-13(17-11)8-4-1-2-6-10(8)16-14/h1-7H,15H2. The first-order valence-electron chi connectivity index (χ1n) is 5.43. The molecule has 2 N–H and O–H groups in total. The zero-order valence-corrected chi connectivity index (χ0v) is 10.6. The molecule has 0 amide bonds. The van der Waals surface area contributed by atoms with Crippen LogP contribution in [0.15, 0.2) is 42.5 Å². The van der Waals surface area contributed by atoms with Crippen molar-refractivity contribution in [2.75, 3.05) is 5.73 Å². The van der Waals surface area contributed by atoms with Crippen LogP contribution in [0.25, 0.3) is 29.6 Å². The molecular weight excluding hydrogens is 246 g/mol. The van der Waals surface area contributed by atoms with Crippen molar-refractivity contribution in [3.05, 3.63) is 42.5 Å². The van der Waals surface area contributed by atoms with E-state index >= 15 is 0 Å². The molecule has 3 heteroatoms. The van der Waals surface area contributed by atoms with Gasteiger partial charge in [0, 0.05) is 25.9 Å². The third kappa shape index (κ3) is 1.18. The van der Waals surface area contributed by atoms with Gasteiger partial charge in [-0.2, -0.15) is 0 Å². The molecule has 0 spiro atoms. The minimum Gasteiger partial charge on any atom is -0.398 e. The molecular formula is C14H9NS2. The van der Waals surface area contributed by atoms with E-state index in [9.17, 15) is 0 Å². The molecule has 0 aliphatic rings. The number of fused-ring (bicyclic) bond motifs is 5. The van der Waals surface area contributed by atoms with Crippen molar-refractivity contribution in [1.82, 2.24) is 0 Å². The molecule has 0 saturated heterocycles. The van der Waals surface area contributed by atoms with Gasteiger partial charge >= 0.3 is 0 Å². The van der Waals surface area contributed by atoms with Gasteiger partial charge in [0.05, 0.1) is 9.40 Å². The molecule has 0 radical (unpaired) electrons. The molecule has 2 aromatic carbocycles. The summed E-state index contributed by atoms with van der Waals surface area (Å²) in [5.41, 5.74) is 6.99. The molecule has 4 rings (SSSR count). The van der Waals surface area contributed by atoms with Crippen molar-refractivity contribution < 1.29 is 0 Å². The number of rotatable bonds is 0. The predicted octanol–water partition coefficient (Wildman–Crippen LogP) is 4.85. The summed E-state index contributed by atoms with van der Waals surface area (Å²) in [5.74, 6) is 0. The van der Waals surface area contributed by atoms with E-state index in [0.29, 0.717) is 0 Å². The Labute approximate surface area is 106 Å². The van der Waals surface area contributed by atoms with E-state index < -0.39 is 0 Å². The minimum absolute atomic E-state index is 0.889. The van der Waals surface area contributed by atoms with Gasteiger partial charge in [-0.15, -0.1) is 22.7 Å². The van der Waals surface area contributed by atoms with Crippen molar-refractivity contribution in [2.24, 2.45) is 0 Å². The van der Waals surface area contributed by atoms with E-state index in [1.807, 2.05) is 34.8 Å². The third-order valence-electron chi connectivity index (χ3n) is 3.05. The molecule has 0 atom stereocenters. The first kappa shape index (κ1) is 9.45. The molecule has 0 fully saturated rings. The van der Waals surface area contributed by atoms with Crippen molar-refractivity contribution in [3.63, 3.8) is 0 Å². The molecule has 0 aliphatic heterocycles. The fourth-order valence-electron chi connectivity index (χ4n) is 2.27. The average molecular weight is 255 g/mol. The second-order valence-corrected chi connectivity index (χ2v) is 6.18. The van der Waals surface area contributed by atoms with Crippen LogP contribution in [0, 0.1) is 0 Å². The van der Waals surface area contributed by atoms with Crippen molar-refractivity contribution in [1.29, 1.82) is 0 Å². The summed E-state index contributed by atoms with van der Waals surface area (Å²) in [6.45, 7) is 0. The Morgan fingerprint density at radius 2 is 1.53 bits per heavy atom. The molecule has 0 bridgehead atoms. The molecule has 17 heavy (non-hydrogen) atoms. The zero-order valence-electron chi connectivity index (χ0n) is 8.94. The highest BCUT2D eigenvalue weighted by molar-refractivity contribution is 7.36. The quantitative estimate of drug-likeness (QED) is 0.446. The molecule has 2 aromatic heterocycles. The average Bonchev–Trinajstić information content (AvgIpc) is 2.85. The van der Waals surface area contributed by atoms with Gasteiger partial charge in [0.1, 0.15) is 0 Å². The summed E-state index contributed by atoms with van der Waals surface area (Å²) in [6.07, 6.45) is 0. The van der Waals surface area contributed by atoms with E-state index in [1.165, 1.54) is 29.6 Å². The maximum absolute atomic E-state index is 6.10. The number of nitrogens with two attached hydrogens (primary N) is 1. The number of hydrogen-bond acceptors (Lipinski definition) is 3. The summed E-state index contributed by atoms with van der Waals surface area (Å²) < 4.78 is 5.35. The van der Waals surface area contributed by atoms with Gasteiger partial charge in [-0.1, -0.05) is 24.3 Å². The number of benzene rings is 2. The summed E-state index contributed by atoms with van der Waals surface area (Å²) in [7, 11) is 0. The van der Waals surface area contributed by atoms with Gasteiger partial charge < -0.3 is 5.73 Å². The van der Waals surface area contributed by atoms with Gasteiger partial charge in [0.25, 0.3) is 0 Å². The van der Waals surface area contributed by atoms with Crippen LogP contribution in [0.3, 0.4) is 0 Å². The molecule has 2 heterocycles. The largest absolute Gasteiger partial charge is 0.398 e. The molecule has 82 valence electrons.